The van der Waals surface area contributed by atoms with Gasteiger partial charge in [0.25, 0.3) is 0 Å². The van der Waals surface area contributed by atoms with Crippen LogP contribution in [0.15, 0.2) is 18.2 Å². The van der Waals surface area contributed by atoms with Gasteiger partial charge in [-0.15, -0.1) is 0 Å². The van der Waals surface area contributed by atoms with Gasteiger partial charge in [-0.25, -0.2) is 9.97 Å². The maximum absolute atomic E-state index is 5.71. The average molecular weight is 215 g/mol. The number of methoxy groups -OCH3 is 1. The largest absolute Gasteiger partial charge is 0.497 e. The Morgan fingerprint density at radius 2 is 2.12 bits per heavy atom. The number of hydrogen-bond acceptors (Lipinski definition) is 4. The molecule has 1 heterocycles. The minimum atomic E-state index is 0.361. The molecule has 0 atom stereocenters. The lowest BCUT2D eigenvalue weighted by atomic mass is 10.1. The van der Waals surface area contributed by atoms with Crippen molar-refractivity contribution in [1.82, 2.24) is 9.97 Å². The van der Waals surface area contributed by atoms with Crippen molar-refractivity contribution in [3.05, 3.63) is 23.9 Å². The third kappa shape index (κ3) is 1.46. The van der Waals surface area contributed by atoms with Gasteiger partial charge in [0.1, 0.15) is 5.75 Å². The highest BCUT2D eigenvalue weighted by atomic mass is 16.5. The molecule has 2 aromatic rings. The molecule has 0 saturated heterocycles. The van der Waals surface area contributed by atoms with E-state index in [0.29, 0.717) is 11.9 Å². The second kappa shape index (κ2) is 3.33. The Morgan fingerprint density at radius 1 is 1.31 bits per heavy atom. The molecule has 0 spiro atoms. The van der Waals surface area contributed by atoms with E-state index in [4.69, 9.17) is 10.5 Å². The Labute approximate surface area is 93.5 Å². The molecule has 0 amide bonds. The molecular formula is C12H13N3O. The number of aromatic nitrogens is 2. The number of fused-ring (bicyclic) bond motifs is 1. The number of hydrogen-bond donors (Lipinski definition) is 1. The lowest BCUT2D eigenvalue weighted by Gasteiger charge is -2.07. The smallest absolute Gasteiger partial charge is 0.220 e. The Bertz CT molecular complexity index is 549. The van der Waals surface area contributed by atoms with E-state index in [0.717, 1.165) is 22.3 Å². The quantitative estimate of drug-likeness (QED) is 0.833. The highest BCUT2D eigenvalue weighted by Gasteiger charge is 2.27. The van der Waals surface area contributed by atoms with E-state index in [1.54, 1.807) is 7.11 Å². The average Bonchev–Trinajstić information content (AvgIpc) is 3.11. The Balaban J connectivity index is 2.27. The summed E-state index contributed by atoms with van der Waals surface area (Å²) in [5.74, 6) is 1.75. The first-order valence-electron chi connectivity index (χ1n) is 5.39. The number of nitrogens with two attached hydrogens (primary N) is 1. The summed E-state index contributed by atoms with van der Waals surface area (Å²) in [4.78, 5) is 8.58. The van der Waals surface area contributed by atoms with Gasteiger partial charge in [-0.2, -0.15) is 0 Å². The van der Waals surface area contributed by atoms with Crippen LogP contribution in [-0.2, 0) is 0 Å². The second-order valence-corrected chi connectivity index (χ2v) is 4.12. The molecule has 3 rings (SSSR count). The predicted molar refractivity (Wildman–Crippen MR) is 62.5 cm³/mol. The van der Waals surface area contributed by atoms with Crippen LogP contribution in [-0.4, -0.2) is 17.1 Å². The number of anilines is 1. The fourth-order valence-electron chi connectivity index (χ4n) is 1.94. The van der Waals surface area contributed by atoms with E-state index in [1.165, 1.54) is 12.8 Å². The highest BCUT2D eigenvalue weighted by Crippen LogP contribution is 2.42. The molecule has 1 aromatic carbocycles. The van der Waals surface area contributed by atoms with Crippen molar-refractivity contribution < 1.29 is 4.74 Å². The van der Waals surface area contributed by atoms with Gasteiger partial charge < -0.3 is 10.5 Å². The zero-order valence-corrected chi connectivity index (χ0v) is 9.10. The van der Waals surface area contributed by atoms with E-state index in [-0.39, 0.29) is 0 Å². The molecule has 1 saturated carbocycles. The molecule has 1 aromatic heterocycles. The Morgan fingerprint density at radius 3 is 2.81 bits per heavy atom. The Hall–Kier alpha value is -1.84. The molecule has 0 unspecified atom stereocenters. The van der Waals surface area contributed by atoms with Gasteiger partial charge in [0, 0.05) is 11.3 Å². The lowest BCUT2D eigenvalue weighted by Crippen LogP contribution is -2.00. The summed E-state index contributed by atoms with van der Waals surface area (Å²) in [6.45, 7) is 0. The van der Waals surface area contributed by atoms with Crippen LogP contribution in [0.3, 0.4) is 0 Å². The van der Waals surface area contributed by atoms with E-state index in [1.807, 2.05) is 18.2 Å². The first-order valence-corrected chi connectivity index (χ1v) is 5.39. The van der Waals surface area contributed by atoms with E-state index in [9.17, 15) is 0 Å². The molecule has 82 valence electrons. The molecular weight excluding hydrogens is 202 g/mol. The van der Waals surface area contributed by atoms with Crippen molar-refractivity contribution in [3.8, 4) is 5.75 Å². The molecule has 0 aliphatic heterocycles. The van der Waals surface area contributed by atoms with E-state index < -0.39 is 0 Å². The van der Waals surface area contributed by atoms with Gasteiger partial charge in [0.15, 0.2) is 0 Å². The minimum absolute atomic E-state index is 0.361. The fourth-order valence-corrected chi connectivity index (χ4v) is 1.94. The summed E-state index contributed by atoms with van der Waals surface area (Å²) >= 11 is 0. The standard InChI is InChI=1S/C12H13N3O/c1-16-8-4-5-10-9(6-8)11(7-2-3-7)15-12(13)14-10/h4-7H,2-3H2,1H3,(H2,13,14,15). The first kappa shape index (κ1) is 9.39. The zero-order chi connectivity index (χ0) is 11.1. The van der Waals surface area contributed by atoms with E-state index in [2.05, 4.69) is 9.97 Å². The third-order valence-corrected chi connectivity index (χ3v) is 2.91. The fraction of sp³-hybridized carbons (Fsp3) is 0.333. The van der Waals surface area contributed by atoms with Crippen molar-refractivity contribution in [1.29, 1.82) is 0 Å². The van der Waals surface area contributed by atoms with Gasteiger partial charge in [-0.1, -0.05) is 0 Å². The van der Waals surface area contributed by atoms with Crippen LogP contribution < -0.4 is 10.5 Å². The number of nitrogens with zero attached hydrogens (tertiary/aromatic N) is 2. The van der Waals surface area contributed by atoms with Gasteiger partial charge in [-0.3, -0.25) is 0 Å². The number of nitrogen functional groups attached to an aromatic ring is 1. The van der Waals surface area contributed by atoms with Gasteiger partial charge in [0.05, 0.1) is 18.3 Å². The molecule has 2 N–H and O–H groups in total. The number of ether oxygens (including phenoxy) is 1. The van der Waals surface area contributed by atoms with Crippen LogP contribution in [0.1, 0.15) is 24.5 Å². The van der Waals surface area contributed by atoms with Crippen LogP contribution in [0.5, 0.6) is 5.75 Å². The topological polar surface area (TPSA) is 61.0 Å². The zero-order valence-electron chi connectivity index (χ0n) is 9.10. The third-order valence-electron chi connectivity index (χ3n) is 2.91. The molecule has 1 aliphatic carbocycles. The molecule has 4 nitrogen and oxygen atoms in total. The van der Waals surface area contributed by atoms with Gasteiger partial charge in [0.2, 0.25) is 5.95 Å². The summed E-state index contributed by atoms with van der Waals surface area (Å²) in [6.07, 6.45) is 2.39. The minimum Gasteiger partial charge on any atom is -0.497 e. The monoisotopic (exact) mass is 215 g/mol. The van der Waals surface area contributed by atoms with Crippen molar-refractivity contribution in [3.63, 3.8) is 0 Å². The van der Waals surface area contributed by atoms with Crippen molar-refractivity contribution in [2.75, 3.05) is 12.8 Å². The molecule has 16 heavy (non-hydrogen) atoms. The second-order valence-electron chi connectivity index (χ2n) is 4.12. The summed E-state index contributed by atoms with van der Waals surface area (Å²) in [6, 6.07) is 5.81. The van der Waals surface area contributed by atoms with Crippen LogP contribution in [0.4, 0.5) is 5.95 Å². The van der Waals surface area contributed by atoms with E-state index >= 15 is 0 Å². The molecule has 0 bridgehead atoms. The summed E-state index contributed by atoms with van der Waals surface area (Å²) in [5.41, 5.74) is 7.68. The molecule has 0 radical (unpaired) electrons. The SMILES string of the molecule is COc1ccc2nc(N)nc(C3CC3)c2c1. The van der Waals surface area contributed by atoms with Crippen molar-refractivity contribution in [2.24, 2.45) is 0 Å². The predicted octanol–water partition coefficient (Wildman–Crippen LogP) is 2.10. The summed E-state index contributed by atoms with van der Waals surface area (Å²) in [5, 5.41) is 1.07. The summed E-state index contributed by atoms with van der Waals surface area (Å²) < 4.78 is 5.22. The molecule has 4 heteroatoms. The summed E-state index contributed by atoms with van der Waals surface area (Å²) in [7, 11) is 1.66. The van der Waals surface area contributed by atoms with Crippen LogP contribution >= 0.6 is 0 Å². The molecule has 1 aliphatic rings. The molecule has 1 fully saturated rings. The number of benzene rings is 1. The van der Waals surface area contributed by atoms with Crippen molar-refractivity contribution >= 4 is 16.9 Å². The lowest BCUT2D eigenvalue weighted by molar-refractivity contribution is 0.415. The maximum Gasteiger partial charge on any atom is 0.220 e. The van der Waals surface area contributed by atoms with Gasteiger partial charge >= 0.3 is 0 Å². The number of rotatable bonds is 2. The Kier molecular flexibility index (Phi) is 1.96. The van der Waals surface area contributed by atoms with Crippen LogP contribution in [0, 0.1) is 0 Å². The normalized spacial score (nSPS) is 15.3. The van der Waals surface area contributed by atoms with Gasteiger partial charge in [-0.05, 0) is 31.0 Å². The van der Waals surface area contributed by atoms with Crippen LogP contribution in [0.2, 0.25) is 0 Å². The maximum atomic E-state index is 5.71. The highest BCUT2D eigenvalue weighted by molar-refractivity contribution is 5.84. The van der Waals surface area contributed by atoms with Crippen molar-refractivity contribution in [2.45, 2.75) is 18.8 Å². The van der Waals surface area contributed by atoms with Crippen LogP contribution in [0.25, 0.3) is 10.9 Å². The first-order chi connectivity index (χ1) is 7.78.